The Morgan fingerprint density at radius 1 is 0.848 bits per heavy atom. The van der Waals surface area contributed by atoms with Crippen LogP contribution in [0.25, 0.3) is 0 Å². The van der Waals surface area contributed by atoms with Crippen molar-refractivity contribution in [3.05, 3.63) is 71.3 Å². The SMILES string of the molecule is O=C(NC1CC1)c1ccc(CNC(=O)C2CC3CCCCC3N2C(=O)c2ccccc2)cc1. The highest BCUT2D eigenvalue weighted by Crippen LogP contribution is 2.40. The molecular weight excluding hydrogens is 414 g/mol. The molecule has 172 valence electrons. The molecule has 3 atom stereocenters. The predicted molar refractivity (Wildman–Crippen MR) is 126 cm³/mol. The van der Waals surface area contributed by atoms with Crippen LogP contribution in [0.15, 0.2) is 54.6 Å². The summed E-state index contributed by atoms with van der Waals surface area (Å²) in [5, 5.41) is 6.03. The summed E-state index contributed by atoms with van der Waals surface area (Å²) in [7, 11) is 0. The molecule has 3 aliphatic rings. The van der Waals surface area contributed by atoms with E-state index in [0.29, 0.717) is 29.6 Å². The average molecular weight is 446 g/mol. The maximum absolute atomic E-state index is 13.4. The minimum Gasteiger partial charge on any atom is -0.350 e. The molecule has 2 N–H and O–H groups in total. The number of likely N-dealkylation sites (tertiary alicyclic amines) is 1. The van der Waals surface area contributed by atoms with Gasteiger partial charge in [-0.2, -0.15) is 0 Å². The second-order valence-corrected chi connectivity index (χ2v) is 9.60. The van der Waals surface area contributed by atoms with Gasteiger partial charge in [0, 0.05) is 29.8 Å². The fourth-order valence-corrected chi connectivity index (χ4v) is 5.29. The molecule has 1 aliphatic heterocycles. The van der Waals surface area contributed by atoms with E-state index < -0.39 is 6.04 Å². The van der Waals surface area contributed by atoms with E-state index in [9.17, 15) is 14.4 Å². The number of benzene rings is 2. The van der Waals surface area contributed by atoms with Crippen molar-refractivity contribution in [2.75, 3.05) is 0 Å². The fourth-order valence-electron chi connectivity index (χ4n) is 5.29. The third kappa shape index (κ3) is 4.80. The lowest BCUT2D eigenvalue weighted by atomic mass is 9.84. The van der Waals surface area contributed by atoms with Gasteiger partial charge in [0.1, 0.15) is 6.04 Å². The Morgan fingerprint density at radius 3 is 2.30 bits per heavy atom. The summed E-state index contributed by atoms with van der Waals surface area (Å²) < 4.78 is 0. The first kappa shape index (κ1) is 21.7. The van der Waals surface area contributed by atoms with Gasteiger partial charge in [0.05, 0.1) is 0 Å². The molecule has 3 fully saturated rings. The molecule has 0 bridgehead atoms. The molecular formula is C27H31N3O3. The summed E-state index contributed by atoms with van der Waals surface area (Å²) in [6, 6.07) is 16.7. The standard InChI is InChI=1S/C27H31N3O3/c31-25(29-22-14-15-22)19-12-10-18(11-13-19)17-28-26(32)24-16-21-8-4-5-9-23(21)30(24)27(33)20-6-2-1-3-7-20/h1-3,6-7,10-13,21-24H,4-5,8-9,14-17H2,(H,28,32)(H,29,31). The lowest BCUT2D eigenvalue weighted by Crippen LogP contribution is -2.49. The van der Waals surface area contributed by atoms with Crippen molar-refractivity contribution in [1.29, 1.82) is 0 Å². The molecule has 0 aromatic heterocycles. The van der Waals surface area contributed by atoms with Gasteiger partial charge >= 0.3 is 0 Å². The van der Waals surface area contributed by atoms with E-state index in [4.69, 9.17) is 0 Å². The molecule has 2 aliphatic carbocycles. The van der Waals surface area contributed by atoms with Crippen molar-refractivity contribution in [2.45, 2.75) is 69.6 Å². The van der Waals surface area contributed by atoms with Crippen LogP contribution in [0.1, 0.15) is 71.2 Å². The zero-order chi connectivity index (χ0) is 22.8. The quantitative estimate of drug-likeness (QED) is 0.712. The normalized spacial score (nSPS) is 24.1. The highest BCUT2D eigenvalue weighted by atomic mass is 16.2. The molecule has 2 aromatic carbocycles. The smallest absolute Gasteiger partial charge is 0.254 e. The van der Waals surface area contributed by atoms with E-state index in [1.165, 1.54) is 6.42 Å². The van der Waals surface area contributed by atoms with Crippen LogP contribution in [0.5, 0.6) is 0 Å². The highest BCUT2D eigenvalue weighted by molar-refractivity contribution is 5.98. The zero-order valence-electron chi connectivity index (χ0n) is 18.8. The maximum atomic E-state index is 13.4. The van der Waals surface area contributed by atoms with Crippen LogP contribution in [0.2, 0.25) is 0 Å². The molecule has 3 unspecified atom stereocenters. The Labute approximate surface area is 194 Å². The van der Waals surface area contributed by atoms with Crippen LogP contribution >= 0.6 is 0 Å². The van der Waals surface area contributed by atoms with Gasteiger partial charge in [-0.15, -0.1) is 0 Å². The number of hydrogen-bond donors (Lipinski definition) is 2. The second kappa shape index (κ2) is 9.38. The van der Waals surface area contributed by atoms with Gasteiger partial charge in [0.25, 0.3) is 11.8 Å². The largest absolute Gasteiger partial charge is 0.350 e. The third-order valence-electron chi connectivity index (χ3n) is 7.24. The van der Waals surface area contributed by atoms with Crippen molar-refractivity contribution in [2.24, 2.45) is 5.92 Å². The van der Waals surface area contributed by atoms with Gasteiger partial charge in [0.2, 0.25) is 5.91 Å². The third-order valence-corrected chi connectivity index (χ3v) is 7.24. The average Bonchev–Trinajstić information content (AvgIpc) is 3.59. The van der Waals surface area contributed by atoms with Crippen LogP contribution < -0.4 is 10.6 Å². The van der Waals surface area contributed by atoms with Crippen molar-refractivity contribution in [3.8, 4) is 0 Å². The maximum Gasteiger partial charge on any atom is 0.254 e. The van der Waals surface area contributed by atoms with Crippen LogP contribution in [-0.4, -0.2) is 40.7 Å². The van der Waals surface area contributed by atoms with E-state index in [2.05, 4.69) is 10.6 Å². The molecule has 2 aromatic rings. The summed E-state index contributed by atoms with van der Waals surface area (Å²) in [6.45, 7) is 0.378. The van der Waals surface area contributed by atoms with E-state index in [1.54, 1.807) is 12.1 Å². The van der Waals surface area contributed by atoms with Gasteiger partial charge in [-0.3, -0.25) is 14.4 Å². The summed E-state index contributed by atoms with van der Waals surface area (Å²) in [5.41, 5.74) is 2.21. The first-order valence-electron chi connectivity index (χ1n) is 12.2. The topological polar surface area (TPSA) is 78.5 Å². The minimum absolute atomic E-state index is 0.0447. The lowest BCUT2D eigenvalue weighted by molar-refractivity contribution is -0.125. The molecule has 1 saturated heterocycles. The molecule has 33 heavy (non-hydrogen) atoms. The lowest BCUT2D eigenvalue weighted by Gasteiger charge is -2.33. The van der Waals surface area contributed by atoms with Gasteiger partial charge in [-0.1, -0.05) is 43.2 Å². The molecule has 6 nitrogen and oxygen atoms in total. The second-order valence-electron chi connectivity index (χ2n) is 9.60. The van der Waals surface area contributed by atoms with Crippen LogP contribution in [-0.2, 0) is 11.3 Å². The number of fused-ring (bicyclic) bond motifs is 1. The molecule has 3 amide bonds. The highest BCUT2D eigenvalue weighted by Gasteiger charge is 2.47. The summed E-state index contributed by atoms with van der Waals surface area (Å²) in [6.07, 6.45) is 7.17. The Bertz CT molecular complexity index is 1020. The van der Waals surface area contributed by atoms with E-state index in [0.717, 1.165) is 44.1 Å². The Kier molecular flexibility index (Phi) is 6.16. The molecule has 1 heterocycles. The number of amides is 3. The fraction of sp³-hybridized carbons (Fsp3) is 0.444. The van der Waals surface area contributed by atoms with Crippen molar-refractivity contribution >= 4 is 17.7 Å². The summed E-state index contributed by atoms with van der Waals surface area (Å²) >= 11 is 0. The molecule has 0 radical (unpaired) electrons. The van der Waals surface area contributed by atoms with Crippen LogP contribution in [0.3, 0.4) is 0 Å². The first-order chi connectivity index (χ1) is 16.1. The first-order valence-corrected chi connectivity index (χ1v) is 12.2. The number of nitrogens with zero attached hydrogens (tertiary/aromatic N) is 1. The van der Waals surface area contributed by atoms with Gasteiger partial charge < -0.3 is 15.5 Å². The number of hydrogen-bond acceptors (Lipinski definition) is 3. The van der Waals surface area contributed by atoms with Gasteiger partial charge in [0.15, 0.2) is 0 Å². The van der Waals surface area contributed by atoms with E-state index in [1.807, 2.05) is 47.4 Å². The van der Waals surface area contributed by atoms with Crippen LogP contribution in [0.4, 0.5) is 0 Å². The van der Waals surface area contributed by atoms with E-state index in [-0.39, 0.29) is 23.8 Å². The zero-order valence-corrected chi connectivity index (χ0v) is 18.8. The number of carbonyl (C=O) groups is 3. The van der Waals surface area contributed by atoms with E-state index >= 15 is 0 Å². The Balaban J connectivity index is 1.25. The number of rotatable bonds is 6. The molecule has 6 heteroatoms. The molecule has 2 saturated carbocycles. The summed E-state index contributed by atoms with van der Waals surface area (Å²) in [5.74, 6) is 0.212. The molecule has 5 rings (SSSR count). The van der Waals surface area contributed by atoms with Crippen LogP contribution in [0, 0.1) is 5.92 Å². The van der Waals surface area contributed by atoms with Gasteiger partial charge in [-0.25, -0.2) is 0 Å². The van der Waals surface area contributed by atoms with Crippen molar-refractivity contribution in [1.82, 2.24) is 15.5 Å². The van der Waals surface area contributed by atoms with Crippen molar-refractivity contribution in [3.63, 3.8) is 0 Å². The van der Waals surface area contributed by atoms with Gasteiger partial charge in [-0.05, 0) is 67.9 Å². The monoisotopic (exact) mass is 445 g/mol. The number of carbonyl (C=O) groups excluding carboxylic acids is 3. The predicted octanol–water partition coefficient (Wildman–Crippen LogP) is 3.67. The minimum atomic E-state index is -0.436. The van der Waals surface area contributed by atoms with Crippen molar-refractivity contribution < 1.29 is 14.4 Å². The Hall–Kier alpha value is -3.15. The molecule has 0 spiro atoms. The number of nitrogens with one attached hydrogen (secondary N) is 2. The summed E-state index contributed by atoms with van der Waals surface area (Å²) in [4.78, 5) is 40.7. The Morgan fingerprint density at radius 2 is 1.58 bits per heavy atom.